The van der Waals surface area contributed by atoms with Crippen LogP contribution in [0.4, 0.5) is 0 Å². The molecule has 1 aromatic rings. The van der Waals surface area contributed by atoms with Gasteiger partial charge in [0.15, 0.2) is 0 Å². The molecule has 0 aliphatic carbocycles. The van der Waals surface area contributed by atoms with Crippen molar-refractivity contribution in [2.45, 2.75) is 20.3 Å². The summed E-state index contributed by atoms with van der Waals surface area (Å²) in [6, 6.07) is 8.17. The summed E-state index contributed by atoms with van der Waals surface area (Å²) >= 11 is 0. The smallest absolute Gasteiger partial charge is 0.120 e. The van der Waals surface area contributed by atoms with E-state index in [1.165, 1.54) is 5.56 Å². The standard InChI is InChI=1S/C12H16O/c1-4-11-6-5-7-12(8-11)13-9-10(2)3/h5-8H,2,4,9H2,1,3H3. The third kappa shape index (κ3) is 3.32. The van der Waals surface area contributed by atoms with Gasteiger partial charge in [0.2, 0.25) is 0 Å². The minimum absolute atomic E-state index is 0.604. The number of rotatable bonds is 4. The molecule has 0 saturated carbocycles. The van der Waals surface area contributed by atoms with Crippen molar-refractivity contribution in [2.75, 3.05) is 6.61 Å². The molecule has 0 aromatic heterocycles. The van der Waals surface area contributed by atoms with Crippen molar-refractivity contribution >= 4 is 0 Å². The summed E-state index contributed by atoms with van der Waals surface area (Å²) in [5, 5.41) is 0. The molecule has 0 saturated heterocycles. The zero-order chi connectivity index (χ0) is 9.68. The molecular weight excluding hydrogens is 160 g/mol. The molecule has 0 radical (unpaired) electrons. The molecule has 70 valence electrons. The Bertz CT molecular complexity index is 289. The van der Waals surface area contributed by atoms with Crippen LogP contribution in [0.3, 0.4) is 0 Å². The van der Waals surface area contributed by atoms with E-state index in [0.29, 0.717) is 6.61 Å². The second-order valence-electron chi connectivity index (χ2n) is 3.25. The molecule has 1 aromatic carbocycles. The Hall–Kier alpha value is -1.24. The predicted molar refractivity (Wildman–Crippen MR) is 56.1 cm³/mol. The van der Waals surface area contributed by atoms with Crippen molar-refractivity contribution in [1.29, 1.82) is 0 Å². The SMILES string of the molecule is C=C(C)COc1cccc(CC)c1. The fraction of sp³-hybridized carbons (Fsp3) is 0.333. The van der Waals surface area contributed by atoms with Crippen LogP contribution in [-0.2, 0) is 6.42 Å². The van der Waals surface area contributed by atoms with Gasteiger partial charge >= 0.3 is 0 Å². The van der Waals surface area contributed by atoms with Crippen LogP contribution in [0.2, 0.25) is 0 Å². The molecule has 0 spiro atoms. The molecule has 0 N–H and O–H groups in total. The maximum Gasteiger partial charge on any atom is 0.120 e. The number of aryl methyl sites for hydroxylation is 1. The van der Waals surface area contributed by atoms with Crippen molar-refractivity contribution in [1.82, 2.24) is 0 Å². The Morgan fingerprint density at radius 1 is 1.46 bits per heavy atom. The van der Waals surface area contributed by atoms with Gasteiger partial charge in [-0.2, -0.15) is 0 Å². The lowest BCUT2D eigenvalue weighted by Gasteiger charge is -2.06. The molecule has 1 heteroatoms. The summed E-state index contributed by atoms with van der Waals surface area (Å²) in [5.74, 6) is 0.933. The van der Waals surface area contributed by atoms with Gasteiger partial charge in [-0.3, -0.25) is 0 Å². The maximum absolute atomic E-state index is 5.51. The highest BCUT2D eigenvalue weighted by molar-refractivity contribution is 5.28. The molecular formula is C12H16O. The topological polar surface area (TPSA) is 9.23 Å². The first-order valence-corrected chi connectivity index (χ1v) is 4.58. The summed E-state index contributed by atoms with van der Waals surface area (Å²) in [4.78, 5) is 0. The van der Waals surface area contributed by atoms with Crippen molar-refractivity contribution in [3.8, 4) is 5.75 Å². The minimum atomic E-state index is 0.604. The molecule has 0 aliphatic rings. The van der Waals surface area contributed by atoms with Crippen LogP contribution in [0, 0.1) is 0 Å². The van der Waals surface area contributed by atoms with E-state index < -0.39 is 0 Å². The highest BCUT2D eigenvalue weighted by atomic mass is 16.5. The van der Waals surface area contributed by atoms with E-state index in [2.05, 4.69) is 25.6 Å². The van der Waals surface area contributed by atoms with Crippen LogP contribution < -0.4 is 4.74 Å². The van der Waals surface area contributed by atoms with Gasteiger partial charge in [-0.25, -0.2) is 0 Å². The van der Waals surface area contributed by atoms with E-state index in [1.807, 2.05) is 19.1 Å². The highest BCUT2D eigenvalue weighted by Gasteiger charge is 1.94. The lowest BCUT2D eigenvalue weighted by atomic mass is 10.2. The fourth-order valence-electron chi connectivity index (χ4n) is 1.06. The van der Waals surface area contributed by atoms with Gasteiger partial charge in [0.05, 0.1) is 0 Å². The van der Waals surface area contributed by atoms with E-state index in [1.54, 1.807) is 0 Å². The Kier molecular flexibility index (Phi) is 3.56. The second-order valence-corrected chi connectivity index (χ2v) is 3.25. The average molecular weight is 176 g/mol. The van der Waals surface area contributed by atoms with Crippen molar-refractivity contribution < 1.29 is 4.74 Å². The maximum atomic E-state index is 5.51. The summed E-state index contributed by atoms with van der Waals surface area (Å²) in [6.07, 6.45) is 1.05. The quantitative estimate of drug-likeness (QED) is 0.640. The summed E-state index contributed by atoms with van der Waals surface area (Å²) < 4.78 is 5.51. The van der Waals surface area contributed by atoms with Crippen LogP contribution in [0.15, 0.2) is 36.4 Å². The van der Waals surface area contributed by atoms with Crippen LogP contribution in [-0.4, -0.2) is 6.61 Å². The Morgan fingerprint density at radius 2 is 2.23 bits per heavy atom. The molecule has 0 fully saturated rings. The summed E-state index contributed by atoms with van der Waals surface area (Å²) in [5.41, 5.74) is 2.35. The van der Waals surface area contributed by atoms with E-state index in [9.17, 15) is 0 Å². The first kappa shape index (κ1) is 9.85. The summed E-state index contributed by atoms with van der Waals surface area (Å²) in [6.45, 7) is 8.49. The zero-order valence-electron chi connectivity index (χ0n) is 8.34. The molecule has 0 atom stereocenters. The van der Waals surface area contributed by atoms with Crippen molar-refractivity contribution in [3.63, 3.8) is 0 Å². The normalized spacial score (nSPS) is 9.69. The van der Waals surface area contributed by atoms with Gasteiger partial charge in [-0.1, -0.05) is 25.6 Å². The van der Waals surface area contributed by atoms with E-state index in [4.69, 9.17) is 4.74 Å². The van der Waals surface area contributed by atoms with Gasteiger partial charge in [0.25, 0.3) is 0 Å². The third-order valence-electron chi connectivity index (χ3n) is 1.79. The molecule has 1 nitrogen and oxygen atoms in total. The molecule has 0 amide bonds. The van der Waals surface area contributed by atoms with Gasteiger partial charge in [0, 0.05) is 0 Å². The monoisotopic (exact) mass is 176 g/mol. The van der Waals surface area contributed by atoms with Crippen LogP contribution in [0.1, 0.15) is 19.4 Å². The van der Waals surface area contributed by atoms with Crippen LogP contribution >= 0.6 is 0 Å². The van der Waals surface area contributed by atoms with Crippen LogP contribution in [0.25, 0.3) is 0 Å². The van der Waals surface area contributed by atoms with Crippen molar-refractivity contribution in [2.24, 2.45) is 0 Å². The second kappa shape index (κ2) is 4.70. The van der Waals surface area contributed by atoms with E-state index >= 15 is 0 Å². The molecule has 13 heavy (non-hydrogen) atoms. The first-order chi connectivity index (χ1) is 6.22. The van der Waals surface area contributed by atoms with Gasteiger partial charge in [0.1, 0.15) is 12.4 Å². The van der Waals surface area contributed by atoms with E-state index in [-0.39, 0.29) is 0 Å². The number of hydrogen-bond donors (Lipinski definition) is 0. The zero-order valence-corrected chi connectivity index (χ0v) is 8.34. The number of hydrogen-bond acceptors (Lipinski definition) is 1. The third-order valence-corrected chi connectivity index (χ3v) is 1.79. The average Bonchev–Trinajstić information content (AvgIpc) is 2.15. The highest BCUT2D eigenvalue weighted by Crippen LogP contribution is 2.14. The molecule has 0 bridgehead atoms. The predicted octanol–water partition coefficient (Wildman–Crippen LogP) is 3.20. The molecule has 0 unspecified atom stereocenters. The Morgan fingerprint density at radius 3 is 2.85 bits per heavy atom. The lowest BCUT2D eigenvalue weighted by Crippen LogP contribution is -1.97. The Labute approximate surface area is 80.0 Å². The van der Waals surface area contributed by atoms with Gasteiger partial charge in [-0.05, 0) is 36.6 Å². The molecule has 1 rings (SSSR count). The number of benzene rings is 1. The van der Waals surface area contributed by atoms with Crippen molar-refractivity contribution in [3.05, 3.63) is 42.0 Å². The largest absolute Gasteiger partial charge is 0.489 e. The first-order valence-electron chi connectivity index (χ1n) is 4.58. The molecule has 0 heterocycles. The van der Waals surface area contributed by atoms with E-state index in [0.717, 1.165) is 17.7 Å². The number of ether oxygens (including phenoxy) is 1. The van der Waals surface area contributed by atoms with Crippen LogP contribution in [0.5, 0.6) is 5.75 Å². The minimum Gasteiger partial charge on any atom is -0.489 e. The Balaban J connectivity index is 2.61. The van der Waals surface area contributed by atoms with Gasteiger partial charge in [-0.15, -0.1) is 0 Å². The molecule has 0 aliphatic heterocycles. The fourth-order valence-corrected chi connectivity index (χ4v) is 1.06. The summed E-state index contributed by atoms with van der Waals surface area (Å²) in [7, 11) is 0. The van der Waals surface area contributed by atoms with Gasteiger partial charge < -0.3 is 4.74 Å². The lowest BCUT2D eigenvalue weighted by molar-refractivity contribution is 0.352.